The number of fused-ring (bicyclic) bond motifs is 2. The number of amides is 2. The van der Waals surface area contributed by atoms with E-state index in [1.54, 1.807) is 65.4 Å². The van der Waals surface area contributed by atoms with Crippen molar-refractivity contribution in [2.45, 2.75) is 6.54 Å². The summed E-state index contributed by atoms with van der Waals surface area (Å²) in [5.74, 6) is -0.132. The number of nitrogens with one attached hydrogen (secondary N) is 1. The minimum atomic E-state index is -0.643. The Morgan fingerprint density at radius 1 is 1.00 bits per heavy atom. The monoisotopic (exact) mass is 543 g/mol. The molecule has 2 amide bonds. The number of ether oxygens (including phenoxy) is 2. The third-order valence-corrected chi connectivity index (χ3v) is 6.28. The lowest BCUT2D eigenvalue weighted by atomic mass is 10.0. The smallest absolute Gasteiger partial charge is 0.249 e. The SMILES string of the molecule is CNC(=O)Cn1cc(C(=O)COc2cc(C(N)=O)c3cc(Cl)ccc3c2)c2ccc(Oc3cccnn3)cc21. The number of nitrogens with two attached hydrogens (primary N) is 1. The van der Waals surface area contributed by atoms with Crippen LogP contribution in [-0.4, -0.2) is 46.0 Å². The first-order valence-electron chi connectivity index (χ1n) is 11.8. The lowest BCUT2D eigenvalue weighted by molar-refractivity contribution is -0.121. The standard InChI is InChI=1S/C28H22ClN5O5/c1-31-26(36)14-34-13-23(20-7-6-18(12-24(20)34)39-27-3-2-8-32-33-27)25(35)15-38-19-9-16-4-5-17(29)10-21(16)22(11-19)28(30)37/h2-13H,14-15H2,1H3,(H2,30,37)(H,31,36). The van der Waals surface area contributed by atoms with E-state index >= 15 is 0 Å². The van der Waals surface area contributed by atoms with Crippen LogP contribution >= 0.6 is 11.6 Å². The molecule has 0 bridgehead atoms. The number of nitrogens with zero attached hydrogens (tertiary/aromatic N) is 3. The Hall–Kier alpha value is -4.96. The van der Waals surface area contributed by atoms with Gasteiger partial charge in [-0.25, -0.2) is 0 Å². The van der Waals surface area contributed by atoms with Crippen molar-refractivity contribution in [2.24, 2.45) is 5.73 Å². The molecule has 196 valence electrons. The molecule has 0 radical (unpaired) electrons. The van der Waals surface area contributed by atoms with Crippen LogP contribution in [0.3, 0.4) is 0 Å². The third kappa shape index (κ3) is 5.51. The second-order valence-corrected chi connectivity index (χ2v) is 9.04. The van der Waals surface area contributed by atoms with Crippen molar-refractivity contribution in [3.63, 3.8) is 0 Å². The average Bonchev–Trinajstić information content (AvgIpc) is 3.29. The first kappa shape index (κ1) is 25.7. The molecule has 5 rings (SSSR count). The number of hydrogen-bond donors (Lipinski definition) is 2. The van der Waals surface area contributed by atoms with Gasteiger partial charge < -0.3 is 25.1 Å². The minimum absolute atomic E-state index is 0.00899. The number of Topliss-reactive ketones (excluding diaryl/α,β-unsaturated/α-hetero) is 1. The average molecular weight is 544 g/mol. The van der Waals surface area contributed by atoms with E-state index in [9.17, 15) is 14.4 Å². The number of hydrogen-bond acceptors (Lipinski definition) is 7. The highest BCUT2D eigenvalue weighted by Gasteiger charge is 2.19. The first-order valence-corrected chi connectivity index (χ1v) is 12.2. The van der Waals surface area contributed by atoms with Crippen LogP contribution in [0.2, 0.25) is 5.02 Å². The number of ketones is 1. The van der Waals surface area contributed by atoms with Gasteiger partial charge in [0.2, 0.25) is 23.5 Å². The Balaban J connectivity index is 1.44. The van der Waals surface area contributed by atoms with E-state index in [-0.39, 0.29) is 30.4 Å². The van der Waals surface area contributed by atoms with Gasteiger partial charge in [-0.1, -0.05) is 17.7 Å². The summed E-state index contributed by atoms with van der Waals surface area (Å²) in [6, 6.07) is 16.8. The molecule has 2 aromatic heterocycles. The Labute approximate surface area is 227 Å². The number of halogens is 1. The predicted molar refractivity (Wildman–Crippen MR) is 145 cm³/mol. The third-order valence-electron chi connectivity index (χ3n) is 6.04. The van der Waals surface area contributed by atoms with Crippen molar-refractivity contribution in [1.29, 1.82) is 0 Å². The molecule has 3 N–H and O–H groups in total. The van der Waals surface area contributed by atoms with Crippen LogP contribution in [0.4, 0.5) is 0 Å². The van der Waals surface area contributed by atoms with Gasteiger partial charge >= 0.3 is 0 Å². The Morgan fingerprint density at radius 2 is 1.85 bits per heavy atom. The van der Waals surface area contributed by atoms with E-state index in [2.05, 4.69) is 15.5 Å². The number of benzene rings is 3. The molecular formula is C28H22ClN5O5. The van der Waals surface area contributed by atoms with Gasteiger partial charge in [-0.05, 0) is 53.2 Å². The molecule has 0 aliphatic rings. The molecule has 0 saturated heterocycles. The van der Waals surface area contributed by atoms with E-state index in [1.807, 2.05) is 0 Å². The van der Waals surface area contributed by atoms with Gasteiger partial charge in [-0.3, -0.25) is 14.4 Å². The topological polar surface area (TPSA) is 138 Å². The fourth-order valence-electron chi connectivity index (χ4n) is 4.20. The number of rotatable bonds is 9. The Kier molecular flexibility index (Phi) is 7.11. The van der Waals surface area contributed by atoms with Crippen LogP contribution in [0.25, 0.3) is 21.7 Å². The van der Waals surface area contributed by atoms with Crippen LogP contribution in [0.15, 0.2) is 73.1 Å². The largest absolute Gasteiger partial charge is 0.485 e. The first-order chi connectivity index (χ1) is 18.8. The number of carbonyl (C=O) groups excluding carboxylic acids is 3. The van der Waals surface area contributed by atoms with Crippen LogP contribution in [0.5, 0.6) is 17.4 Å². The van der Waals surface area contributed by atoms with Gasteiger partial charge in [0.05, 0.1) is 11.1 Å². The quantitative estimate of drug-likeness (QED) is 0.266. The molecule has 0 fully saturated rings. The van der Waals surface area contributed by atoms with Gasteiger partial charge in [-0.15, -0.1) is 5.10 Å². The summed E-state index contributed by atoms with van der Waals surface area (Å²) < 4.78 is 13.2. The number of carbonyl (C=O) groups is 3. The van der Waals surface area contributed by atoms with Crippen molar-refractivity contribution in [2.75, 3.05) is 13.7 Å². The minimum Gasteiger partial charge on any atom is -0.485 e. The zero-order valence-corrected chi connectivity index (χ0v) is 21.4. The summed E-state index contributed by atoms with van der Waals surface area (Å²) in [6.07, 6.45) is 3.14. The summed E-state index contributed by atoms with van der Waals surface area (Å²) in [5, 5.41) is 12.7. The predicted octanol–water partition coefficient (Wildman–Crippen LogP) is 4.14. The normalized spacial score (nSPS) is 10.9. The summed E-state index contributed by atoms with van der Waals surface area (Å²) in [5.41, 5.74) is 6.77. The lowest BCUT2D eigenvalue weighted by Gasteiger charge is -2.10. The van der Waals surface area contributed by atoms with Crippen LogP contribution in [-0.2, 0) is 11.3 Å². The maximum atomic E-state index is 13.3. The van der Waals surface area contributed by atoms with Gasteiger partial charge in [0.25, 0.3) is 0 Å². The molecule has 0 aliphatic carbocycles. The molecule has 0 spiro atoms. The fraction of sp³-hybridized carbons (Fsp3) is 0.107. The van der Waals surface area contributed by atoms with E-state index in [0.717, 1.165) is 0 Å². The summed E-state index contributed by atoms with van der Waals surface area (Å²) in [7, 11) is 1.54. The van der Waals surface area contributed by atoms with E-state index in [1.165, 1.54) is 19.3 Å². The molecule has 0 atom stereocenters. The molecule has 11 heteroatoms. The van der Waals surface area contributed by atoms with Gasteiger partial charge in [0, 0.05) is 47.5 Å². The molecule has 0 saturated carbocycles. The van der Waals surface area contributed by atoms with E-state index < -0.39 is 5.91 Å². The molecule has 5 aromatic rings. The van der Waals surface area contributed by atoms with E-state index in [4.69, 9.17) is 26.8 Å². The molecular weight excluding hydrogens is 522 g/mol. The zero-order chi connectivity index (χ0) is 27.5. The summed E-state index contributed by atoms with van der Waals surface area (Å²) in [6.45, 7) is -0.320. The summed E-state index contributed by atoms with van der Waals surface area (Å²) in [4.78, 5) is 37.5. The second kappa shape index (κ2) is 10.8. The van der Waals surface area contributed by atoms with Crippen molar-refractivity contribution in [3.05, 3.63) is 89.2 Å². The van der Waals surface area contributed by atoms with Gasteiger partial charge in [-0.2, -0.15) is 5.10 Å². The number of likely N-dealkylation sites (N-methyl/N-ethyl adjacent to an activating group) is 1. The molecule has 39 heavy (non-hydrogen) atoms. The molecule has 0 unspecified atom stereocenters. The van der Waals surface area contributed by atoms with Crippen molar-refractivity contribution >= 4 is 50.9 Å². The lowest BCUT2D eigenvalue weighted by Crippen LogP contribution is -2.23. The zero-order valence-electron chi connectivity index (χ0n) is 20.7. The van der Waals surface area contributed by atoms with Gasteiger partial charge in [0.15, 0.2) is 6.61 Å². The molecule has 3 aromatic carbocycles. The highest BCUT2D eigenvalue weighted by Crippen LogP contribution is 2.30. The maximum Gasteiger partial charge on any atom is 0.249 e. The number of primary amides is 1. The fourth-order valence-corrected chi connectivity index (χ4v) is 4.37. The Morgan fingerprint density at radius 3 is 2.59 bits per heavy atom. The second-order valence-electron chi connectivity index (χ2n) is 8.60. The molecule has 2 heterocycles. The highest BCUT2D eigenvalue weighted by molar-refractivity contribution is 6.31. The van der Waals surface area contributed by atoms with Crippen molar-refractivity contribution in [1.82, 2.24) is 20.1 Å². The Bertz CT molecular complexity index is 1740. The van der Waals surface area contributed by atoms with Crippen LogP contribution in [0.1, 0.15) is 20.7 Å². The highest BCUT2D eigenvalue weighted by atomic mass is 35.5. The summed E-state index contributed by atoms with van der Waals surface area (Å²) >= 11 is 6.08. The van der Waals surface area contributed by atoms with Crippen molar-refractivity contribution < 1.29 is 23.9 Å². The molecule has 0 aliphatic heterocycles. The molecule has 10 nitrogen and oxygen atoms in total. The van der Waals surface area contributed by atoms with Crippen molar-refractivity contribution in [3.8, 4) is 17.4 Å². The van der Waals surface area contributed by atoms with Crippen LogP contribution in [0, 0.1) is 0 Å². The van der Waals surface area contributed by atoms with Gasteiger partial charge in [0.1, 0.15) is 18.0 Å². The maximum absolute atomic E-state index is 13.3. The van der Waals surface area contributed by atoms with E-state index in [0.29, 0.717) is 49.6 Å². The number of aromatic nitrogens is 3. The van der Waals surface area contributed by atoms with Crippen LogP contribution < -0.4 is 20.5 Å².